The van der Waals surface area contributed by atoms with Crippen LogP contribution in [0.1, 0.15) is 72.9 Å². The highest BCUT2D eigenvalue weighted by Crippen LogP contribution is 2.34. The highest BCUT2D eigenvalue weighted by Gasteiger charge is 2.35. The van der Waals surface area contributed by atoms with Crippen LogP contribution in [-0.4, -0.2) is 68.6 Å². The van der Waals surface area contributed by atoms with Gasteiger partial charge < -0.3 is 9.80 Å². The Morgan fingerprint density at radius 2 is 1.92 bits per heavy atom. The zero-order chi connectivity index (χ0) is 25.6. The number of thiazole rings is 1. The standard InChI is InChI=1S/C26H33ClN6O2S/c1-16-9-10-17(14-19(16)27)23(34)29-25-28-22-21(36-25)20(30-33(22)26(2,3)4)24(35)32-13-7-8-18(32)15-31-11-5-6-12-31/h9-10,14,18H,5-8,11-13,15H2,1-4H3,(H,28,29,34)/t18-/m0/s1. The number of nitrogens with one attached hydrogen (secondary N) is 1. The molecule has 192 valence electrons. The van der Waals surface area contributed by atoms with Gasteiger partial charge in [0.1, 0.15) is 4.70 Å². The van der Waals surface area contributed by atoms with Gasteiger partial charge >= 0.3 is 0 Å². The van der Waals surface area contributed by atoms with Crippen LogP contribution in [0, 0.1) is 6.92 Å². The number of halogens is 1. The summed E-state index contributed by atoms with van der Waals surface area (Å²) in [6.45, 7) is 11.9. The Balaban J connectivity index is 1.44. The number of carbonyl (C=O) groups excluding carboxylic acids is 2. The molecule has 0 radical (unpaired) electrons. The molecule has 1 N–H and O–H groups in total. The van der Waals surface area contributed by atoms with Crippen molar-refractivity contribution < 1.29 is 9.59 Å². The van der Waals surface area contributed by atoms with E-state index in [1.54, 1.807) is 16.8 Å². The fourth-order valence-electron chi connectivity index (χ4n) is 5.06. The number of rotatable bonds is 5. The molecule has 2 aliphatic rings. The number of amides is 2. The third-order valence-corrected chi connectivity index (χ3v) is 8.40. The molecule has 8 nitrogen and oxygen atoms in total. The molecule has 0 aliphatic carbocycles. The van der Waals surface area contributed by atoms with Gasteiger partial charge in [0.2, 0.25) is 0 Å². The van der Waals surface area contributed by atoms with Gasteiger partial charge in [-0.15, -0.1) is 0 Å². The van der Waals surface area contributed by atoms with E-state index >= 15 is 0 Å². The van der Waals surface area contributed by atoms with Crippen LogP contribution < -0.4 is 5.32 Å². The Kier molecular flexibility index (Phi) is 6.82. The first-order chi connectivity index (χ1) is 17.1. The molecule has 2 amide bonds. The van der Waals surface area contributed by atoms with E-state index in [4.69, 9.17) is 21.7 Å². The molecule has 3 aromatic rings. The molecule has 2 aromatic heterocycles. The van der Waals surface area contributed by atoms with Crippen LogP contribution in [0.4, 0.5) is 5.13 Å². The van der Waals surface area contributed by atoms with Gasteiger partial charge in [-0.1, -0.05) is 29.0 Å². The molecule has 5 rings (SSSR count). The summed E-state index contributed by atoms with van der Waals surface area (Å²) < 4.78 is 2.51. The lowest BCUT2D eigenvalue weighted by Gasteiger charge is -2.28. The maximum Gasteiger partial charge on any atom is 0.276 e. The van der Waals surface area contributed by atoms with Gasteiger partial charge in [-0.25, -0.2) is 4.68 Å². The van der Waals surface area contributed by atoms with Crippen LogP contribution in [0.25, 0.3) is 10.3 Å². The van der Waals surface area contributed by atoms with Crippen LogP contribution in [0.3, 0.4) is 0 Å². The number of carbonyl (C=O) groups is 2. The summed E-state index contributed by atoms with van der Waals surface area (Å²) in [7, 11) is 0. The number of aryl methyl sites for hydroxylation is 1. The molecule has 0 unspecified atom stereocenters. The van der Waals surface area contributed by atoms with E-state index in [1.165, 1.54) is 24.2 Å². The molecule has 1 aromatic carbocycles. The zero-order valence-electron chi connectivity index (χ0n) is 21.3. The van der Waals surface area contributed by atoms with E-state index < -0.39 is 0 Å². The minimum atomic E-state index is -0.378. The van der Waals surface area contributed by atoms with Crippen LogP contribution in [0.15, 0.2) is 18.2 Å². The van der Waals surface area contributed by atoms with Crippen LogP contribution in [0.5, 0.6) is 0 Å². The van der Waals surface area contributed by atoms with E-state index in [9.17, 15) is 9.59 Å². The predicted octanol–water partition coefficient (Wildman–Crippen LogP) is 5.16. The number of aromatic nitrogens is 3. The molecule has 36 heavy (non-hydrogen) atoms. The summed E-state index contributed by atoms with van der Waals surface area (Å²) in [5.41, 5.74) is 2.02. The summed E-state index contributed by atoms with van der Waals surface area (Å²) in [5, 5.41) is 8.63. The number of likely N-dealkylation sites (tertiary alicyclic amines) is 2. The molecular formula is C26H33ClN6O2S. The number of anilines is 1. The molecule has 2 fully saturated rings. The van der Waals surface area contributed by atoms with Crippen molar-refractivity contribution in [3.8, 4) is 0 Å². The van der Waals surface area contributed by atoms with Gasteiger partial charge in [-0.3, -0.25) is 14.9 Å². The number of nitrogens with zero attached hydrogens (tertiary/aromatic N) is 5. The van der Waals surface area contributed by atoms with Crippen LogP contribution in [-0.2, 0) is 5.54 Å². The highest BCUT2D eigenvalue weighted by molar-refractivity contribution is 7.22. The second kappa shape index (κ2) is 9.76. The Bertz CT molecular complexity index is 1300. The van der Waals surface area contributed by atoms with Crippen LogP contribution in [0.2, 0.25) is 5.02 Å². The lowest BCUT2D eigenvalue weighted by molar-refractivity contribution is 0.0703. The fraction of sp³-hybridized carbons (Fsp3) is 0.538. The van der Waals surface area contributed by atoms with E-state index in [1.807, 2.05) is 38.7 Å². The largest absolute Gasteiger partial charge is 0.333 e. The van der Waals surface area contributed by atoms with Gasteiger partial charge in [-0.05, 0) is 84.2 Å². The average Bonchev–Trinajstić information content (AvgIpc) is 3.59. The number of hydrogen-bond acceptors (Lipinski definition) is 6. The third kappa shape index (κ3) is 4.88. The van der Waals surface area contributed by atoms with Crippen molar-refractivity contribution >= 4 is 50.2 Å². The Hall–Kier alpha value is -2.49. The van der Waals surface area contributed by atoms with Crippen molar-refractivity contribution in [2.24, 2.45) is 0 Å². The number of hydrogen-bond donors (Lipinski definition) is 1. The normalized spacial score (nSPS) is 18.9. The lowest BCUT2D eigenvalue weighted by atomic mass is 10.1. The maximum atomic E-state index is 13.8. The molecular weight excluding hydrogens is 496 g/mol. The molecule has 4 heterocycles. The maximum absolute atomic E-state index is 13.8. The van der Waals surface area contributed by atoms with E-state index in [2.05, 4.69) is 10.2 Å². The topological polar surface area (TPSA) is 83.4 Å². The van der Waals surface area contributed by atoms with Crippen molar-refractivity contribution in [1.29, 1.82) is 0 Å². The summed E-state index contributed by atoms with van der Waals surface area (Å²) in [6, 6.07) is 5.42. The quantitative estimate of drug-likeness (QED) is 0.494. The van der Waals surface area contributed by atoms with Crippen LogP contribution >= 0.6 is 22.9 Å². The Morgan fingerprint density at radius 3 is 2.61 bits per heavy atom. The minimum absolute atomic E-state index is 0.0449. The summed E-state index contributed by atoms with van der Waals surface area (Å²) >= 11 is 7.51. The van der Waals surface area contributed by atoms with Crippen molar-refractivity contribution in [3.63, 3.8) is 0 Å². The smallest absolute Gasteiger partial charge is 0.276 e. The number of fused-ring (bicyclic) bond motifs is 1. The monoisotopic (exact) mass is 528 g/mol. The van der Waals surface area contributed by atoms with Gasteiger partial charge in [0.15, 0.2) is 16.5 Å². The molecule has 0 bridgehead atoms. The minimum Gasteiger partial charge on any atom is -0.333 e. The molecule has 2 saturated heterocycles. The Labute approximate surface area is 220 Å². The zero-order valence-corrected chi connectivity index (χ0v) is 22.9. The summed E-state index contributed by atoms with van der Waals surface area (Å²) in [4.78, 5) is 35.9. The van der Waals surface area contributed by atoms with Crippen molar-refractivity contribution in [2.75, 3.05) is 31.5 Å². The molecule has 1 atom stereocenters. The van der Waals surface area contributed by atoms with Gasteiger partial charge in [-0.2, -0.15) is 10.1 Å². The summed E-state index contributed by atoms with van der Waals surface area (Å²) in [5.74, 6) is -0.335. The molecule has 2 aliphatic heterocycles. The predicted molar refractivity (Wildman–Crippen MR) is 144 cm³/mol. The van der Waals surface area contributed by atoms with E-state index in [-0.39, 0.29) is 23.4 Å². The average molecular weight is 529 g/mol. The number of benzene rings is 1. The SMILES string of the molecule is Cc1ccc(C(=O)Nc2nc3c(s2)c(C(=O)N2CCC[C@H]2CN2CCCC2)nn3C(C)(C)C)cc1Cl. The van der Waals surface area contributed by atoms with Crippen molar-refractivity contribution in [3.05, 3.63) is 40.0 Å². The molecule has 0 saturated carbocycles. The van der Waals surface area contributed by atoms with Crippen molar-refractivity contribution in [1.82, 2.24) is 24.6 Å². The van der Waals surface area contributed by atoms with E-state index in [0.29, 0.717) is 31.8 Å². The lowest BCUT2D eigenvalue weighted by Crippen LogP contribution is -2.42. The van der Waals surface area contributed by atoms with Gasteiger partial charge in [0.05, 0.1) is 5.54 Å². The van der Waals surface area contributed by atoms with Gasteiger partial charge in [0, 0.05) is 29.7 Å². The first-order valence-electron chi connectivity index (χ1n) is 12.6. The van der Waals surface area contributed by atoms with E-state index in [0.717, 1.165) is 44.6 Å². The molecule has 10 heteroatoms. The highest BCUT2D eigenvalue weighted by atomic mass is 35.5. The second-order valence-corrected chi connectivity index (χ2v) is 12.2. The Morgan fingerprint density at radius 1 is 1.17 bits per heavy atom. The second-order valence-electron chi connectivity index (χ2n) is 10.8. The van der Waals surface area contributed by atoms with Crippen molar-refractivity contribution in [2.45, 2.75) is 65.0 Å². The summed E-state index contributed by atoms with van der Waals surface area (Å²) in [6.07, 6.45) is 4.51. The first kappa shape index (κ1) is 25.2. The molecule has 0 spiro atoms. The fourth-order valence-corrected chi connectivity index (χ4v) is 6.16. The van der Waals surface area contributed by atoms with Gasteiger partial charge in [0.25, 0.3) is 11.8 Å². The third-order valence-electron chi connectivity index (χ3n) is 7.02. The first-order valence-corrected chi connectivity index (χ1v) is 13.8.